The lowest BCUT2D eigenvalue weighted by Gasteiger charge is -2.31. The molecule has 4 nitrogen and oxygen atoms in total. The van der Waals surface area contributed by atoms with Crippen molar-refractivity contribution < 1.29 is 9.53 Å². The molecule has 1 N–H and O–H groups in total. The molecule has 0 aliphatic heterocycles. The first-order valence-corrected chi connectivity index (χ1v) is 9.31. The number of hydrogen-bond acceptors (Lipinski definition) is 3. The van der Waals surface area contributed by atoms with Crippen LogP contribution in [-0.4, -0.2) is 37.6 Å². The molecule has 1 amide bonds. The van der Waals surface area contributed by atoms with Gasteiger partial charge in [-0.15, -0.1) is 0 Å². The molecular weight excluding hydrogens is 300 g/mol. The molecule has 0 radical (unpaired) electrons. The maximum absolute atomic E-state index is 12.6. The summed E-state index contributed by atoms with van der Waals surface area (Å²) in [5.41, 5.74) is 1.19. The Labute approximate surface area is 145 Å². The molecule has 24 heavy (non-hydrogen) atoms. The van der Waals surface area contributed by atoms with Crippen molar-refractivity contribution in [3.63, 3.8) is 0 Å². The number of carbonyl (C=O) groups excluding carboxylic acids is 1. The fourth-order valence-electron chi connectivity index (χ4n) is 3.81. The molecule has 2 fully saturated rings. The molecule has 3 rings (SSSR count). The van der Waals surface area contributed by atoms with E-state index in [0.29, 0.717) is 18.5 Å². The van der Waals surface area contributed by atoms with Gasteiger partial charge in [0, 0.05) is 6.04 Å². The van der Waals surface area contributed by atoms with Crippen molar-refractivity contribution in [1.29, 1.82) is 0 Å². The van der Waals surface area contributed by atoms with Gasteiger partial charge in [0.15, 0.2) is 0 Å². The molecule has 1 unspecified atom stereocenters. The topological polar surface area (TPSA) is 41.6 Å². The molecule has 2 saturated carbocycles. The van der Waals surface area contributed by atoms with Crippen LogP contribution in [0.3, 0.4) is 0 Å². The number of benzene rings is 1. The summed E-state index contributed by atoms with van der Waals surface area (Å²) in [6, 6.07) is 8.82. The lowest BCUT2D eigenvalue weighted by Crippen LogP contribution is -2.42. The summed E-state index contributed by atoms with van der Waals surface area (Å²) in [6.07, 6.45) is 8.81. The summed E-state index contributed by atoms with van der Waals surface area (Å²) >= 11 is 0. The van der Waals surface area contributed by atoms with Gasteiger partial charge in [-0.05, 0) is 56.3 Å². The lowest BCUT2D eigenvalue weighted by atomic mass is 9.94. The van der Waals surface area contributed by atoms with Gasteiger partial charge in [-0.1, -0.05) is 31.4 Å². The number of amides is 1. The largest absolute Gasteiger partial charge is 0.497 e. The normalized spacial score (nSPS) is 20.0. The van der Waals surface area contributed by atoms with E-state index in [0.717, 1.165) is 5.75 Å². The summed E-state index contributed by atoms with van der Waals surface area (Å²) in [6.45, 7) is 0.504. The zero-order valence-corrected chi connectivity index (χ0v) is 15.0. The summed E-state index contributed by atoms with van der Waals surface area (Å²) < 4.78 is 5.23. The van der Waals surface area contributed by atoms with Crippen LogP contribution in [0.15, 0.2) is 24.3 Å². The molecule has 2 aliphatic carbocycles. The number of hydrogen-bond donors (Lipinski definition) is 1. The Kier molecular flexibility index (Phi) is 5.77. The monoisotopic (exact) mass is 330 g/mol. The number of ether oxygens (including phenoxy) is 1. The summed E-state index contributed by atoms with van der Waals surface area (Å²) in [4.78, 5) is 14.8. The Morgan fingerprint density at radius 1 is 1.17 bits per heavy atom. The van der Waals surface area contributed by atoms with Crippen molar-refractivity contribution in [2.24, 2.45) is 5.92 Å². The summed E-state index contributed by atoms with van der Waals surface area (Å²) in [5, 5.41) is 3.28. The minimum atomic E-state index is 0.142. The average Bonchev–Trinajstić information content (AvgIpc) is 3.45. The van der Waals surface area contributed by atoms with E-state index in [1.807, 2.05) is 12.1 Å². The highest BCUT2D eigenvalue weighted by atomic mass is 16.5. The Bertz CT molecular complexity index is 533. The first kappa shape index (κ1) is 17.3. The number of methoxy groups -OCH3 is 1. The van der Waals surface area contributed by atoms with Crippen LogP contribution in [0.5, 0.6) is 5.75 Å². The second-order valence-electron chi connectivity index (χ2n) is 7.36. The molecule has 132 valence electrons. The molecule has 0 heterocycles. The molecule has 0 saturated heterocycles. The van der Waals surface area contributed by atoms with Gasteiger partial charge >= 0.3 is 0 Å². The molecule has 1 aromatic carbocycles. The Morgan fingerprint density at radius 3 is 2.42 bits per heavy atom. The maximum Gasteiger partial charge on any atom is 0.234 e. The molecule has 1 aromatic rings. The number of likely N-dealkylation sites (N-methyl/N-ethyl adjacent to an activating group) is 1. The smallest absolute Gasteiger partial charge is 0.234 e. The highest BCUT2D eigenvalue weighted by molar-refractivity contribution is 5.78. The van der Waals surface area contributed by atoms with Crippen LogP contribution >= 0.6 is 0 Å². The van der Waals surface area contributed by atoms with Gasteiger partial charge in [-0.3, -0.25) is 9.69 Å². The van der Waals surface area contributed by atoms with E-state index in [1.54, 1.807) is 7.11 Å². The minimum absolute atomic E-state index is 0.142. The predicted molar refractivity (Wildman–Crippen MR) is 96.1 cm³/mol. The van der Waals surface area contributed by atoms with Crippen LogP contribution in [-0.2, 0) is 4.79 Å². The van der Waals surface area contributed by atoms with E-state index in [1.165, 1.54) is 50.5 Å². The van der Waals surface area contributed by atoms with Crippen molar-refractivity contribution in [3.05, 3.63) is 29.8 Å². The zero-order valence-electron chi connectivity index (χ0n) is 15.0. The van der Waals surface area contributed by atoms with E-state index >= 15 is 0 Å². The number of rotatable bonds is 7. The Hall–Kier alpha value is -1.55. The number of nitrogens with zero attached hydrogens (tertiary/aromatic N) is 1. The van der Waals surface area contributed by atoms with Crippen molar-refractivity contribution in [3.8, 4) is 5.75 Å². The van der Waals surface area contributed by atoms with Gasteiger partial charge < -0.3 is 10.1 Å². The van der Waals surface area contributed by atoms with E-state index < -0.39 is 0 Å². The van der Waals surface area contributed by atoms with Gasteiger partial charge in [0.1, 0.15) is 5.75 Å². The van der Waals surface area contributed by atoms with Crippen LogP contribution in [0.4, 0.5) is 0 Å². The molecule has 0 bridgehead atoms. The van der Waals surface area contributed by atoms with Gasteiger partial charge in [0.25, 0.3) is 0 Å². The predicted octanol–water partition coefficient (Wildman–Crippen LogP) is 3.53. The fourth-order valence-corrected chi connectivity index (χ4v) is 3.81. The van der Waals surface area contributed by atoms with Crippen LogP contribution in [0.1, 0.15) is 56.6 Å². The Morgan fingerprint density at radius 2 is 1.83 bits per heavy atom. The SMILES string of the molecule is COc1ccc(C(NC(=O)CN(C)C2CCCCC2)C2CC2)cc1. The van der Waals surface area contributed by atoms with E-state index in [2.05, 4.69) is 29.4 Å². The van der Waals surface area contributed by atoms with Crippen LogP contribution in [0.25, 0.3) is 0 Å². The standard InChI is InChI=1S/C20H30N2O2/c1-22(17-6-4-3-5-7-17)14-19(23)21-20(15-8-9-15)16-10-12-18(24-2)13-11-16/h10-13,15,17,20H,3-9,14H2,1-2H3,(H,21,23). The lowest BCUT2D eigenvalue weighted by molar-refractivity contribution is -0.123. The highest BCUT2D eigenvalue weighted by Crippen LogP contribution is 2.41. The average molecular weight is 330 g/mol. The third-order valence-corrected chi connectivity index (χ3v) is 5.48. The molecule has 4 heteroatoms. The first-order chi connectivity index (χ1) is 11.7. The van der Waals surface area contributed by atoms with Crippen LogP contribution < -0.4 is 10.1 Å². The van der Waals surface area contributed by atoms with Gasteiger partial charge in [-0.2, -0.15) is 0 Å². The van der Waals surface area contributed by atoms with E-state index in [-0.39, 0.29) is 11.9 Å². The Balaban J connectivity index is 1.57. The third-order valence-electron chi connectivity index (χ3n) is 5.48. The number of nitrogens with one attached hydrogen (secondary N) is 1. The van der Waals surface area contributed by atoms with Crippen molar-refractivity contribution in [1.82, 2.24) is 10.2 Å². The minimum Gasteiger partial charge on any atom is -0.497 e. The molecule has 0 spiro atoms. The van der Waals surface area contributed by atoms with E-state index in [9.17, 15) is 4.79 Å². The third kappa shape index (κ3) is 4.50. The van der Waals surface area contributed by atoms with Gasteiger partial charge in [-0.25, -0.2) is 0 Å². The second kappa shape index (κ2) is 8.02. The van der Waals surface area contributed by atoms with Crippen molar-refractivity contribution >= 4 is 5.91 Å². The van der Waals surface area contributed by atoms with Crippen LogP contribution in [0, 0.1) is 5.92 Å². The zero-order chi connectivity index (χ0) is 16.9. The maximum atomic E-state index is 12.6. The number of carbonyl (C=O) groups is 1. The van der Waals surface area contributed by atoms with Crippen molar-refractivity contribution in [2.45, 2.75) is 57.0 Å². The van der Waals surface area contributed by atoms with Crippen molar-refractivity contribution in [2.75, 3.05) is 20.7 Å². The van der Waals surface area contributed by atoms with E-state index in [4.69, 9.17) is 4.74 Å². The molecule has 0 aromatic heterocycles. The fraction of sp³-hybridized carbons (Fsp3) is 0.650. The van der Waals surface area contributed by atoms with Gasteiger partial charge in [0.05, 0.1) is 19.7 Å². The summed E-state index contributed by atoms with van der Waals surface area (Å²) in [5.74, 6) is 1.59. The first-order valence-electron chi connectivity index (χ1n) is 9.31. The van der Waals surface area contributed by atoms with Gasteiger partial charge in [0.2, 0.25) is 5.91 Å². The van der Waals surface area contributed by atoms with Crippen LogP contribution in [0.2, 0.25) is 0 Å². The molecule has 2 aliphatic rings. The summed E-state index contributed by atoms with van der Waals surface area (Å²) in [7, 11) is 3.77. The second-order valence-corrected chi connectivity index (χ2v) is 7.36. The quantitative estimate of drug-likeness (QED) is 0.831. The molecule has 1 atom stereocenters. The highest BCUT2D eigenvalue weighted by Gasteiger charge is 2.33. The molecular formula is C20H30N2O2.